The van der Waals surface area contributed by atoms with Crippen molar-refractivity contribution in [1.82, 2.24) is 25.0 Å². The van der Waals surface area contributed by atoms with E-state index in [0.29, 0.717) is 48.1 Å². The molecule has 1 amide bonds. The van der Waals surface area contributed by atoms with Crippen LogP contribution in [0.15, 0.2) is 41.2 Å². The molecule has 0 spiro atoms. The molecule has 0 saturated carbocycles. The van der Waals surface area contributed by atoms with Crippen molar-refractivity contribution in [3.05, 3.63) is 59.5 Å². The first-order chi connectivity index (χ1) is 14.7. The molecule has 0 aliphatic carbocycles. The van der Waals surface area contributed by atoms with Gasteiger partial charge in [-0.05, 0) is 26.3 Å². The second kappa shape index (κ2) is 9.28. The smallest absolute Gasteiger partial charge is 0.273 e. The van der Waals surface area contributed by atoms with Crippen molar-refractivity contribution in [3.8, 4) is 11.4 Å². The Kier molecular flexibility index (Phi) is 6.72. The lowest BCUT2D eigenvalue weighted by Crippen LogP contribution is -2.39. The number of aromatic nitrogens is 4. The van der Waals surface area contributed by atoms with Crippen LogP contribution in [0, 0.1) is 6.92 Å². The Balaban J connectivity index is 1.72. The third-order valence-electron chi connectivity index (χ3n) is 5.06. The van der Waals surface area contributed by atoms with Crippen molar-refractivity contribution in [2.75, 3.05) is 6.54 Å². The highest BCUT2D eigenvalue weighted by Gasteiger charge is 2.26. The third-order valence-corrected chi connectivity index (χ3v) is 5.06. The summed E-state index contributed by atoms with van der Waals surface area (Å²) < 4.78 is 31.7. The Hall–Kier alpha value is -3.23. The Bertz CT molecular complexity index is 1030. The molecular weight excluding hydrogens is 404 g/mol. The van der Waals surface area contributed by atoms with Crippen molar-refractivity contribution in [1.29, 1.82) is 0 Å². The first-order valence-corrected chi connectivity index (χ1v) is 10.1. The van der Waals surface area contributed by atoms with Crippen LogP contribution in [0.25, 0.3) is 11.4 Å². The van der Waals surface area contributed by atoms with Crippen molar-refractivity contribution in [3.63, 3.8) is 0 Å². The van der Waals surface area contributed by atoms with Crippen LogP contribution in [0.1, 0.15) is 54.8 Å². The molecule has 0 N–H and O–H groups in total. The van der Waals surface area contributed by atoms with E-state index >= 15 is 0 Å². The Morgan fingerprint density at radius 1 is 1.23 bits per heavy atom. The predicted octanol–water partition coefficient (Wildman–Crippen LogP) is 4.43. The summed E-state index contributed by atoms with van der Waals surface area (Å²) in [6, 6.07) is 7.02. The highest BCUT2D eigenvalue weighted by Crippen LogP contribution is 2.26. The van der Waals surface area contributed by atoms with Crippen LogP contribution in [0.3, 0.4) is 0 Å². The summed E-state index contributed by atoms with van der Waals surface area (Å²) in [6.07, 6.45) is 3.36. The number of carbonyl (C=O) groups is 1. The molecule has 0 unspecified atom stereocenters. The number of carbonyl (C=O) groups excluding carboxylic acids is 1. The first-order valence-electron chi connectivity index (χ1n) is 10.1. The minimum atomic E-state index is -2.97. The highest BCUT2D eigenvalue weighted by molar-refractivity contribution is 6.00. The molecule has 0 saturated heterocycles. The van der Waals surface area contributed by atoms with E-state index in [1.807, 2.05) is 19.9 Å². The lowest BCUT2D eigenvalue weighted by Gasteiger charge is -2.28. The van der Waals surface area contributed by atoms with Gasteiger partial charge in [0.05, 0.1) is 11.1 Å². The highest BCUT2D eigenvalue weighted by atomic mass is 19.3. The number of aryl methyl sites for hydroxylation is 2. The zero-order valence-electron chi connectivity index (χ0n) is 18.0. The SMILES string of the molecule is CCN(C(=O)c1ccccc1-c1noc(C)n1)[C@@H](C)CCc1ncc(C(C)(F)F)cn1. The lowest BCUT2D eigenvalue weighted by molar-refractivity contribution is 0.0166. The van der Waals surface area contributed by atoms with E-state index in [9.17, 15) is 13.6 Å². The van der Waals surface area contributed by atoms with E-state index in [1.165, 1.54) is 0 Å². The third kappa shape index (κ3) is 5.28. The van der Waals surface area contributed by atoms with Crippen LogP contribution in [-0.2, 0) is 12.3 Å². The normalized spacial score (nSPS) is 12.6. The van der Waals surface area contributed by atoms with Crippen LogP contribution < -0.4 is 0 Å². The number of amides is 1. The summed E-state index contributed by atoms with van der Waals surface area (Å²) in [5, 5.41) is 3.93. The van der Waals surface area contributed by atoms with Gasteiger partial charge in [0.1, 0.15) is 5.82 Å². The standard InChI is InChI=1S/C22H25F2N5O2/c1-5-29(14(2)10-11-19-25-12-16(13-26-19)22(4,23)24)21(30)18-9-7-6-8-17(18)20-27-15(3)31-28-20/h6-9,12-14H,5,10-11H2,1-4H3/t14-/m0/s1. The van der Waals surface area contributed by atoms with E-state index in [1.54, 1.807) is 30.0 Å². The minimum absolute atomic E-state index is 0.117. The topological polar surface area (TPSA) is 85.0 Å². The molecule has 0 aliphatic heterocycles. The molecule has 31 heavy (non-hydrogen) atoms. The molecule has 2 aromatic heterocycles. The average Bonchev–Trinajstić information content (AvgIpc) is 3.18. The van der Waals surface area contributed by atoms with Gasteiger partial charge in [0.2, 0.25) is 11.7 Å². The first kappa shape index (κ1) is 22.5. The largest absolute Gasteiger partial charge is 0.339 e. The molecule has 3 rings (SSSR count). The predicted molar refractivity (Wildman–Crippen MR) is 111 cm³/mol. The number of rotatable bonds is 8. The Labute approximate surface area is 179 Å². The van der Waals surface area contributed by atoms with Crippen LogP contribution >= 0.6 is 0 Å². The van der Waals surface area contributed by atoms with Gasteiger partial charge < -0.3 is 9.42 Å². The number of hydrogen-bond donors (Lipinski definition) is 0. The van der Waals surface area contributed by atoms with Crippen molar-refractivity contribution in [2.45, 2.75) is 52.5 Å². The zero-order chi connectivity index (χ0) is 22.6. The fourth-order valence-electron chi connectivity index (χ4n) is 3.29. The van der Waals surface area contributed by atoms with E-state index < -0.39 is 5.92 Å². The maximum Gasteiger partial charge on any atom is 0.273 e. The summed E-state index contributed by atoms with van der Waals surface area (Å²) in [4.78, 5) is 27.4. The van der Waals surface area contributed by atoms with Gasteiger partial charge in [0, 0.05) is 50.8 Å². The van der Waals surface area contributed by atoms with E-state index in [-0.39, 0.29) is 17.5 Å². The molecule has 164 valence electrons. The average molecular weight is 429 g/mol. The van der Waals surface area contributed by atoms with E-state index in [4.69, 9.17) is 4.52 Å². The van der Waals surface area contributed by atoms with Gasteiger partial charge >= 0.3 is 0 Å². The van der Waals surface area contributed by atoms with Gasteiger partial charge in [-0.15, -0.1) is 0 Å². The van der Waals surface area contributed by atoms with Gasteiger partial charge in [-0.1, -0.05) is 23.4 Å². The molecule has 2 heterocycles. The van der Waals surface area contributed by atoms with Crippen LogP contribution in [0.2, 0.25) is 0 Å². The molecule has 1 aromatic carbocycles. The number of benzene rings is 1. The second-order valence-electron chi connectivity index (χ2n) is 7.44. The molecule has 1 atom stereocenters. The van der Waals surface area contributed by atoms with Crippen molar-refractivity contribution in [2.24, 2.45) is 0 Å². The Morgan fingerprint density at radius 3 is 2.48 bits per heavy atom. The fraction of sp³-hybridized carbons (Fsp3) is 0.409. The van der Waals surface area contributed by atoms with Gasteiger partial charge in [0.25, 0.3) is 11.8 Å². The van der Waals surface area contributed by atoms with Crippen molar-refractivity contribution >= 4 is 5.91 Å². The maximum absolute atomic E-state index is 13.3. The summed E-state index contributed by atoms with van der Waals surface area (Å²) in [7, 11) is 0. The van der Waals surface area contributed by atoms with E-state index in [0.717, 1.165) is 19.3 Å². The van der Waals surface area contributed by atoms with Crippen LogP contribution in [0.5, 0.6) is 0 Å². The molecular formula is C22H25F2N5O2. The number of alkyl halides is 2. The molecule has 0 aliphatic rings. The monoisotopic (exact) mass is 429 g/mol. The number of halogens is 2. The number of nitrogens with zero attached hydrogens (tertiary/aromatic N) is 5. The van der Waals surface area contributed by atoms with Crippen LogP contribution in [-0.4, -0.2) is 43.5 Å². The molecule has 0 fully saturated rings. The van der Waals surface area contributed by atoms with Gasteiger partial charge in [-0.25, -0.2) is 18.7 Å². The minimum Gasteiger partial charge on any atom is -0.339 e. The van der Waals surface area contributed by atoms with Gasteiger partial charge in [0.15, 0.2) is 0 Å². The zero-order valence-corrected chi connectivity index (χ0v) is 18.0. The molecule has 7 nitrogen and oxygen atoms in total. The Morgan fingerprint density at radius 2 is 1.90 bits per heavy atom. The molecule has 3 aromatic rings. The fourth-order valence-corrected chi connectivity index (χ4v) is 3.29. The quantitative estimate of drug-likeness (QED) is 0.527. The molecule has 9 heteroatoms. The van der Waals surface area contributed by atoms with Gasteiger partial charge in [-0.2, -0.15) is 4.98 Å². The lowest BCUT2D eigenvalue weighted by atomic mass is 10.0. The number of hydrogen-bond acceptors (Lipinski definition) is 6. The summed E-state index contributed by atoms with van der Waals surface area (Å²) >= 11 is 0. The molecule has 0 radical (unpaired) electrons. The van der Waals surface area contributed by atoms with Crippen molar-refractivity contribution < 1.29 is 18.1 Å². The van der Waals surface area contributed by atoms with E-state index in [2.05, 4.69) is 20.1 Å². The maximum atomic E-state index is 13.3. The summed E-state index contributed by atoms with van der Waals surface area (Å²) in [5.74, 6) is -1.86. The summed E-state index contributed by atoms with van der Waals surface area (Å²) in [5.41, 5.74) is 0.875. The summed E-state index contributed by atoms with van der Waals surface area (Å²) in [6.45, 7) is 6.85. The second-order valence-corrected chi connectivity index (χ2v) is 7.44. The van der Waals surface area contributed by atoms with Gasteiger partial charge in [-0.3, -0.25) is 4.79 Å². The molecule has 0 bridgehead atoms. The van der Waals surface area contributed by atoms with Crippen LogP contribution in [0.4, 0.5) is 8.78 Å².